The van der Waals surface area contributed by atoms with Crippen LogP contribution in [0.3, 0.4) is 0 Å². The molecule has 0 nitrogen and oxygen atoms in total. The molecule has 0 bridgehead atoms. The molecule has 4 aliphatic carbocycles. The van der Waals surface area contributed by atoms with E-state index in [4.69, 9.17) is 0 Å². The Morgan fingerprint density at radius 2 is 0.328 bits per heavy atom. The van der Waals surface area contributed by atoms with Crippen LogP contribution in [-0.2, 0) is 40.2 Å². The first kappa shape index (κ1) is 111. The first-order valence-corrected chi connectivity index (χ1v) is 19.8. The summed E-state index contributed by atoms with van der Waals surface area (Å²) in [6, 6.07) is 0. The summed E-state index contributed by atoms with van der Waals surface area (Å²) in [6.45, 7) is 8.63. The molecule has 0 spiro atoms. The SMILES string of the molecule is C/C(F)=C(/C)F.C/C(F)=C(/C)F.C/C(F)=C(/C)F.C/C(F)=C(/C)F.C1=CCCCCC1.C1=CCCCCC1.C1=CCCCCC1.C1=CCCCCC1.FB(F)F.[CH3-].[CH3-].[CH3-].[CH3-].[CH3-].[CH3-].[CH3-].[CH3-].[F-].[Ir].[Ir]. The minimum Gasteiger partial charge on any atom is -1.00 e. The summed E-state index contributed by atoms with van der Waals surface area (Å²) in [5.41, 5.74) is 0. The Morgan fingerprint density at radius 3 is 0.388 bits per heavy atom. The van der Waals surface area contributed by atoms with Crippen molar-refractivity contribution in [3.05, 3.63) is 155 Å². The van der Waals surface area contributed by atoms with Crippen molar-refractivity contribution in [3.63, 3.8) is 0 Å². The van der Waals surface area contributed by atoms with E-state index < -0.39 is 54.2 Å². The van der Waals surface area contributed by atoms with Crippen molar-refractivity contribution in [2.75, 3.05) is 0 Å². The fourth-order valence-corrected chi connectivity index (χ4v) is 3.75. The zero-order valence-corrected chi connectivity index (χ0v) is 49.3. The predicted molar refractivity (Wildman–Crippen MR) is 272 cm³/mol. The Morgan fingerprint density at radius 1 is 0.254 bits per heavy atom. The van der Waals surface area contributed by atoms with Gasteiger partial charge in [-0.05, 0) is 158 Å². The second-order valence-corrected chi connectivity index (χ2v) is 13.0. The third kappa shape index (κ3) is 139. The smallest absolute Gasteiger partial charge is 0.762 e. The van der Waals surface area contributed by atoms with Crippen LogP contribution >= 0.6 is 0 Å². The van der Waals surface area contributed by atoms with E-state index in [9.17, 15) is 48.1 Å². The molecule has 4 aliphatic rings. The number of rotatable bonds is 0. The molecule has 0 atom stereocenters. The van der Waals surface area contributed by atoms with Gasteiger partial charge in [-0.1, -0.05) is 74.3 Å². The van der Waals surface area contributed by atoms with Crippen molar-refractivity contribution in [1.82, 2.24) is 0 Å². The van der Waals surface area contributed by atoms with E-state index in [2.05, 4.69) is 48.6 Å². The molecular formula is C52H96BF12Ir2-9. The summed E-state index contributed by atoms with van der Waals surface area (Å²) in [5.74, 6) is -5.93. The molecule has 0 amide bonds. The summed E-state index contributed by atoms with van der Waals surface area (Å²) in [6.07, 6.45) is 46.0. The molecule has 0 N–H and O–H groups in total. The van der Waals surface area contributed by atoms with Gasteiger partial charge in [0.2, 0.25) is 0 Å². The quantitative estimate of drug-likeness (QED) is 0.0981. The van der Waals surface area contributed by atoms with Crippen molar-refractivity contribution in [2.45, 2.75) is 184 Å². The maximum atomic E-state index is 11.3. The van der Waals surface area contributed by atoms with E-state index >= 15 is 0 Å². The van der Waals surface area contributed by atoms with Gasteiger partial charge >= 0.3 is 7.54 Å². The summed E-state index contributed by atoms with van der Waals surface area (Å²) >= 11 is 0. The fourth-order valence-electron chi connectivity index (χ4n) is 3.75. The van der Waals surface area contributed by atoms with E-state index in [1.54, 1.807) is 0 Å². The fraction of sp³-hybridized carbons (Fsp3) is 0.538. The number of hydrogen-bond acceptors (Lipinski definition) is 0. The van der Waals surface area contributed by atoms with E-state index in [-0.39, 0.29) is 104 Å². The maximum absolute atomic E-state index is 11.3. The molecule has 0 saturated carbocycles. The van der Waals surface area contributed by atoms with Crippen molar-refractivity contribution in [3.8, 4) is 0 Å². The van der Waals surface area contributed by atoms with Crippen molar-refractivity contribution in [1.29, 1.82) is 0 Å². The van der Waals surface area contributed by atoms with Gasteiger partial charge in [0.15, 0.2) is 0 Å². The molecule has 418 valence electrons. The van der Waals surface area contributed by atoms with Gasteiger partial charge in [0, 0.05) is 40.2 Å². The minimum absolute atomic E-state index is 0. The largest absolute Gasteiger partial charge is 1.00 e. The molecule has 2 radical (unpaired) electrons. The molecule has 0 saturated heterocycles. The summed E-state index contributed by atoms with van der Waals surface area (Å²) in [4.78, 5) is 0. The predicted octanol–water partition coefficient (Wildman–Crippen LogP) is 20.2. The molecule has 0 aromatic rings. The summed E-state index contributed by atoms with van der Waals surface area (Å²) in [7, 11) is -3.67. The van der Waals surface area contributed by atoms with Gasteiger partial charge < -0.3 is 64.1 Å². The van der Waals surface area contributed by atoms with Gasteiger partial charge in [-0.25, -0.2) is 35.1 Å². The Labute approximate surface area is 436 Å². The topological polar surface area (TPSA) is 0 Å². The van der Waals surface area contributed by atoms with Crippen LogP contribution in [0, 0.1) is 59.4 Å². The molecule has 0 aliphatic heterocycles. The Kier molecular flexibility index (Phi) is 151. The Hall–Kier alpha value is -1.56. The monoisotopic (exact) mass is 1350 g/mol. The second-order valence-electron chi connectivity index (χ2n) is 13.0. The van der Waals surface area contributed by atoms with E-state index in [1.807, 2.05) is 0 Å². The third-order valence-electron chi connectivity index (χ3n) is 7.53. The molecule has 4 rings (SSSR count). The molecule has 15 heteroatoms. The van der Waals surface area contributed by atoms with Crippen LogP contribution in [0.2, 0.25) is 0 Å². The van der Waals surface area contributed by atoms with Crippen LogP contribution in [0.15, 0.2) is 95.2 Å². The zero-order valence-electron chi connectivity index (χ0n) is 44.5. The van der Waals surface area contributed by atoms with Crippen LogP contribution in [0.4, 0.5) is 48.1 Å². The first-order chi connectivity index (χ1) is 26.3. The number of allylic oxidation sites excluding steroid dienone is 16. The van der Waals surface area contributed by atoms with E-state index in [1.165, 1.54) is 128 Å². The summed E-state index contributed by atoms with van der Waals surface area (Å²) < 4.78 is 120. The maximum Gasteiger partial charge on any atom is 0.762 e. The van der Waals surface area contributed by atoms with Crippen LogP contribution in [0.5, 0.6) is 0 Å². The molecular weight excluding hydrogens is 1250 g/mol. The molecule has 0 aromatic heterocycles. The van der Waals surface area contributed by atoms with Gasteiger partial charge in [-0.3, -0.25) is 12.9 Å². The Balaban J connectivity index is -0.0000000307. The van der Waals surface area contributed by atoms with Crippen LogP contribution in [0.1, 0.15) is 184 Å². The van der Waals surface area contributed by atoms with Gasteiger partial charge in [-0.2, -0.15) is 0 Å². The third-order valence-corrected chi connectivity index (χ3v) is 7.53. The zero-order chi connectivity index (χ0) is 44.0. The molecule has 0 fully saturated rings. The van der Waals surface area contributed by atoms with Crippen LogP contribution in [0.25, 0.3) is 0 Å². The normalized spacial score (nSPS) is 14.5. The Bertz CT molecular complexity index is 861. The summed E-state index contributed by atoms with van der Waals surface area (Å²) in [5, 5.41) is 0. The van der Waals surface area contributed by atoms with E-state index in [0.29, 0.717) is 0 Å². The van der Waals surface area contributed by atoms with Gasteiger partial charge in [-0.15, -0.1) is 0 Å². The average Bonchev–Trinajstić information content (AvgIpc) is 3.80. The molecule has 0 unspecified atom stereocenters. The van der Waals surface area contributed by atoms with Gasteiger partial charge in [0.25, 0.3) is 0 Å². The standard InChI is InChI=1S/4C7H12.4C4H6F2.8CH3.BF3.FH.2Ir/c4*1-2-4-6-7-5-3-1;4*1-3(5)4(2)6;;;;;;;;;2-1(3)4;;;/h4*1-2H,3-7H2;4*1-2H3;8*1H3;;1H;;/q;;;;;;;;8*-1;;;;/p-1/b;;;;4*4-3+;;;;;;;;;;;;. The van der Waals surface area contributed by atoms with Crippen molar-refractivity contribution < 1.29 is 93.0 Å². The van der Waals surface area contributed by atoms with Crippen molar-refractivity contribution in [2.24, 2.45) is 0 Å². The van der Waals surface area contributed by atoms with Crippen LogP contribution in [-0.4, -0.2) is 7.54 Å². The first-order valence-electron chi connectivity index (χ1n) is 19.8. The minimum atomic E-state index is -3.67. The molecule has 67 heavy (non-hydrogen) atoms. The molecule has 0 aromatic carbocycles. The molecule has 0 heterocycles. The van der Waals surface area contributed by atoms with Crippen LogP contribution < -0.4 is 4.70 Å². The van der Waals surface area contributed by atoms with Gasteiger partial charge in [0.1, 0.15) is 46.6 Å². The van der Waals surface area contributed by atoms with Gasteiger partial charge in [0.05, 0.1) is 0 Å². The van der Waals surface area contributed by atoms with Crippen molar-refractivity contribution >= 4 is 7.54 Å². The number of hydrogen-bond donors (Lipinski definition) is 0. The van der Waals surface area contributed by atoms with E-state index in [0.717, 1.165) is 55.4 Å². The number of halogens is 12. The second kappa shape index (κ2) is 90.8. The average molecular weight is 1340 g/mol.